The maximum Gasteiger partial charge on any atom is 0.311 e. The van der Waals surface area contributed by atoms with Gasteiger partial charge in [-0.1, -0.05) is 0 Å². The first-order valence-corrected chi connectivity index (χ1v) is 7.26. The molecular weight excluding hydrogens is 328 g/mol. The highest BCUT2D eigenvalue weighted by Crippen LogP contribution is 2.27. The monoisotopic (exact) mass is 342 g/mol. The van der Waals surface area contributed by atoms with E-state index < -0.39 is 10.8 Å². The van der Waals surface area contributed by atoms with E-state index in [1.807, 2.05) is 0 Å². The summed E-state index contributed by atoms with van der Waals surface area (Å²) in [5, 5.41) is 23.4. The average molecular weight is 342 g/mol. The molecule has 0 aliphatic heterocycles. The number of nitrogens with zero attached hydrogens (tertiary/aromatic N) is 3. The van der Waals surface area contributed by atoms with Crippen LogP contribution in [0.5, 0.6) is 11.5 Å². The van der Waals surface area contributed by atoms with Gasteiger partial charge in [0, 0.05) is 24.0 Å². The lowest BCUT2D eigenvalue weighted by Crippen LogP contribution is -2.23. The van der Waals surface area contributed by atoms with Gasteiger partial charge < -0.3 is 19.6 Å². The van der Waals surface area contributed by atoms with Crippen molar-refractivity contribution in [3.63, 3.8) is 0 Å². The highest BCUT2D eigenvalue weighted by Gasteiger charge is 2.18. The molecule has 9 heteroatoms. The lowest BCUT2D eigenvalue weighted by molar-refractivity contribution is -0.385. The summed E-state index contributed by atoms with van der Waals surface area (Å²) in [5.74, 6) is -0.365. The second-order valence-corrected chi connectivity index (χ2v) is 5.18. The minimum absolute atomic E-state index is 0.0332. The maximum absolute atomic E-state index is 12.2. The van der Waals surface area contributed by atoms with Gasteiger partial charge in [-0.15, -0.1) is 0 Å². The standard InChI is InChI=1S/C16H14N4O5/c1-25-14-5-4-10(7-12(14)20(23)24)16(22)17-8-11-9-19-6-2-3-13(21)15(19)18-11/h2-7,9,21H,8H2,1H3,(H,17,22). The Labute approximate surface area is 141 Å². The second kappa shape index (κ2) is 6.48. The fourth-order valence-electron chi connectivity index (χ4n) is 2.38. The Morgan fingerprint density at radius 2 is 2.24 bits per heavy atom. The molecule has 25 heavy (non-hydrogen) atoms. The highest BCUT2D eigenvalue weighted by atomic mass is 16.6. The number of benzene rings is 1. The molecule has 0 saturated carbocycles. The first-order chi connectivity index (χ1) is 12.0. The van der Waals surface area contributed by atoms with E-state index in [1.165, 1.54) is 25.3 Å². The van der Waals surface area contributed by atoms with Crippen molar-refractivity contribution in [3.8, 4) is 11.5 Å². The molecule has 9 nitrogen and oxygen atoms in total. The van der Waals surface area contributed by atoms with Gasteiger partial charge in [-0.25, -0.2) is 4.98 Å². The number of aromatic nitrogens is 2. The largest absolute Gasteiger partial charge is 0.504 e. The summed E-state index contributed by atoms with van der Waals surface area (Å²) in [5.41, 5.74) is 0.775. The number of aromatic hydroxyl groups is 1. The number of hydrogen-bond acceptors (Lipinski definition) is 6. The molecule has 0 aliphatic carbocycles. The molecule has 3 aromatic rings. The van der Waals surface area contributed by atoms with E-state index >= 15 is 0 Å². The normalized spacial score (nSPS) is 10.6. The molecule has 0 aliphatic rings. The van der Waals surface area contributed by atoms with Gasteiger partial charge in [0.15, 0.2) is 17.1 Å². The second-order valence-electron chi connectivity index (χ2n) is 5.18. The Bertz CT molecular complexity index is 966. The predicted molar refractivity (Wildman–Crippen MR) is 87.7 cm³/mol. The first kappa shape index (κ1) is 16.2. The van der Waals surface area contributed by atoms with Crippen LogP contribution in [0.15, 0.2) is 42.7 Å². The SMILES string of the molecule is COc1ccc(C(=O)NCc2cn3cccc(O)c3n2)cc1[N+](=O)[O-]. The molecule has 0 bridgehead atoms. The van der Waals surface area contributed by atoms with Crippen LogP contribution in [0.2, 0.25) is 0 Å². The molecular formula is C16H14N4O5. The van der Waals surface area contributed by atoms with Crippen LogP contribution in [-0.4, -0.2) is 32.4 Å². The highest BCUT2D eigenvalue weighted by molar-refractivity contribution is 5.95. The number of nitro groups is 1. The van der Waals surface area contributed by atoms with Gasteiger partial charge >= 0.3 is 5.69 Å². The molecule has 0 fully saturated rings. The smallest absolute Gasteiger partial charge is 0.311 e. The number of rotatable bonds is 5. The zero-order valence-corrected chi connectivity index (χ0v) is 13.2. The lowest BCUT2D eigenvalue weighted by atomic mass is 10.1. The van der Waals surface area contributed by atoms with Crippen LogP contribution in [0, 0.1) is 10.1 Å². The maximum atomic E-state index is 12.2. The molecule has 0 radical (unpaired) electrons. The summed E-state index contributed by atoms with van der Waals surface area (Å²) in [7, 11) is 1.32. The van der Waals surface area contributed by atoms with E-state index in [1.54, 1.807) is 22.9 Å². The van der Waals surface area contributed by atoms with Crippen LogP contribution >= 0.6 is 0 Å². The molecule has 2 aromatic heterocycles. The number of nitro benzene ring substituents is 1. The molecule has 128 valence electrons. The van der Waals surface area contributed by atoms with Gasteiger partial charge in [-0.2, -0.15) is 0 Å². The number of carbonyl (C=O) groups excluding carboxylic acids is 1. The Morgan fingerprint density at radius 3 is 2.92 bits per heavy atom. The number of nitrogens with one attached hydrogen (secondary N) is 1. The van der Waals surface area contributed by atoms with Crippen molar-refractivity contribution in [2.45, 2.75) is 6.54 Å². The average Bonchev–Trinajstić information content (AvgIpc) is 3.03. The van der Waals surface area contributed by atoms with Crippen molar-refractivity contribution in [2.24, 2.45) is 0 Å². The number of pyridine rings is 1. The summed E-state index contributed by atoms with van der Waals surface area (Å²) < 4.78 is 6.54. The van der Waals surface area contributed by atoms with E-state index in [0.717, 1.165) is 6.07 Å². The van der Waals surface area contributed by atoms with Crippen molar-refractivity contribution < 1.29 is 19.6 Å². The van der Waals surface area contributed by atoms with Crippen LogP contribution in [0.4, 0.5) is 5.69 Å². The number of hydrogen-bond donors (Lipinski definition) is 2. The molecule has 0 saturated heterocycles. The number of ether oxygens (including phenoxy) is 1. The fraction of sp³-hybridized carbons (Fsp3) is 0.125. The van der Waals surface area contributed by atoms with E-state index in [-0.39, 0.29) is 29.3 Å². The summed E-state index contributed by atoms with van der Waals surface area (Å²) in [6.45, 7) is 0.111. The van der Waals surface area contributed by atoms with Gasteiger partial charge in [0.25, 0.3) is 5.91 Å². The van der Waals surface area contributed by atoms with Crippen molar-refractivity contribution in [3.05, 3.63) is 64.1 Å². The molecule has 3 rings (SSSR count). The van der Waals surface area contributed by atoms with Crippen LogP contribution in [0.1, 0.15) is 16.1 Å². The van der Waals surface area contributed by atoms with Crippen LogP contribution in [0.25, 0.3) is 5.65 Å². The van der Waals surface area contributed by atoms with E-state index in [9.17, 15) is 20.0 Å². The number of carbonyl (C=O) groups is 1. The summed E-state index contributed by atoms with van der Waals surface area (Å²) in [6.07, 6.45) is 3.39. The molecule has 0 atom stereocenters. The van der Waals surface area contributed by atoms with Gasteiger partial charge in [-0.3, -0.25) is 14.9 Å². The zero-order valence-electron chi connectivity index (χ0n) is 13.2. The predicted octanol–water partition coefficient (Wildman–Crippen LogP) is 1.89. The van der Waals surface area contributed by atoms with Crippen molar-refractivity contribution in [1.29, 1.82) is 0 Å². The Kier molecular flexibility index (Phi) is 4.21. The minimum atomic E-state index is -0.611. The molecule has 0 spiro atoms. The fourth-order valence-corrected chi connectivity index (χ4v) is 2.38. The third-order valence-corrected chi connectivity index (χ3v) is 3.58. The van der Waals surface area contributed by atoms with Crippen LogP contribution in [0.3, 0.4) is 0 Å². The van der Waals surface area contributed by atoms with Crippen molar-refractivity contribution >= 4 is 17.2 Å². The lowest BCUT2D eigenvalue weighted by Gasteiger charge is -2.05. The van der Waals surface area contributed by atoms with E-state index in [2.05, 4.69) is 10.3 Å². The number of amides is 1. The molecule has 2 heterocycles. The molecule has 0 unspecified atom stereocenters. The Hall–Kier alpha value is -3.62. The van der Waals surface area contributed by atoms with Gasteiger partial charge in [0.2, 0.25) is 0 Å². The van der Waals surface area contributed by atoms with Gasteiger partial charge in [-0.05, 0) is 24.3 Å². The number of methoxy groups -OCH3 is 1. The molecule has 1 amide bonds. The number of fused-ring (bicyclic) bond motifs is 1. The third kappa shape index (κ3) is 3.20. The number of imidazole rings is 1. The molecule has 2 N–H and O–H groups in total. The first-order valence-electron chi connectivity index (χ1n) is 7.26. The molecule has 1 aromatic carbocycles. The van der Waals surface area contributed by atoms with Crippen molar-refractivity contribution in [2.75, 3.05) is 7.11 Å². The summed E-state index contributed by atoms with van der Waals surface area (Å²) in [6, 6.07) is 7.15. The van der Waals surface area contributed by atoms with E-state index in [0.29, 0.717) is 11.3 Å². The van der Waals surface area contributed by atoms with Crippen molar-refractivity contribution in [1.82, 2.24) is 14.7 Å². The minimum Gasteiger partial charge on any atom is -0.504 e. The van der Waals surface area contributed by atoms with Crippen LogP contribution in [-0.2, 0) is 6.54 Å². The zero-order chi connectivity index (χ0) is 18.0. The third-order valence-electron chi connectivity index (χ3n) is 3.58. The van der Waals surface area contributed by atoms with Gasteiger partial charge in [0.05, 0.1) is 24.3 Å². The van der Waals surface area contributed by atoms with Gasteiger partial charge in [0.1, 0.15) is 0 Å². The van der Waals surface area contributed by atoms with Crippen LogP contribution < -0.4 is 10.1 Å². The Morgan fingerprint density at radius 1 is 1.44 bits per heavy atom. The summed E-state index contributed by atoms with van der Waals surface area (Å²) in [4.78, 5) is 26.9. The quantitative estimate of drug-likeness (QED) is 0.540. The summed E-state index contributed by atoms with van der Waals surface area (Å²) >= 11 is 0. The Balaban J connectivity index is 1.76. The topological polar surface area (TPSA) is 119 Å². The van der Waals surface area contributed by atoms with E-state index in [4.69, 9.17) is 4.74 Å².